The fourth-order valence-corrected chi connectivity index (χ4v) is 2.81. The van der Waals surface area contributed by atoms with Gasteiger partial charge in [-0.25, -0.2) is 4.39 Å². The molecule has 1 N–H and O–H groups in total. The van der Waals surface area contributed by atoms with Gasteiger partial charge in [0.25, 0.3) is 0 Å². The molecule has 1 aromatic carbocycles. The van der Waals surface area contributed by atoms with Crippen molar-refractivity contribution >= 4 is 17.5 Å². The van der Waals surface area contributed by atoms with Crippen molar-refractivity contribution in [2.75, 3.05) is 51.8 Å². The Morgan fingerprint density at radius 1 is 1.24 bits per heavy atom. The Kier molecular flexibility index (Phi) is 7.33. The first-order valence-electron chi connectivity index (χ1n) is 8.54. The minimum Gasteiger partial charge on any atom is -0.375 e. The molecule has 2 amide bonds. The van der Waals surface area contributed by atoms with Gasteiger partial charge >= 0.3 is 0 Å². The van der Waals surface area contributed by atoms with Gasteiger partial charge in [0, 0.05) is 45.4 Å². The van der Waals surface area contributed by atoms with E-state index in [1.54, 1.807) is 24.0 Å². The number of amides is 2. The topological polar surface area (TPSA) is 61.9 Å². The average molecular weight is 351 g/mol. The first-order valence-corrected chi connectivity index (χ1v) is 8.54. The molecule has 0 atom stereocenters. The maximum absolute atomic E-state index is 13.5. The Bertz CT molecular complexity index is 609. The first-order chi connectivity index (χ1) is 12.0. The molecule has 7 heteroatoms. The number of carbonyl (C=O) groups is 2. The maximum atomic E-state index is 13.5. The van der Waals surface area contributed by atoms with Crippen LogP contribution < -0.4 is 5.32 Å². The molecule has 0 aliphatic carbocycles. The lowest BCUT2D eigenvalue weighted by Gasteiger charge is -2.21. The number of rotatable bonds is 6. The average Bonchev–Trinajstić information content (AvgIpc) is 2.82. The molecule has 0 spiro atoms. The lowest BCUT2D eigenvalue weighted by atomic mass is 10.2. The van der Waals surface area contributed by atoms with Crippen molar-refractivity contribution in [2.45, 2.75) is 19.8 Å². The summed E-state index contributed by atoms with van der Waals surface area (Å²) in [4.78, 5) is 27.9. The predicted octanol–water partition coefficient (Wildman–Crippen LogP) is 1.64. The van der Waals surface area contributed by atoms with Gasteiger partial charge < -0.3 is 19.9 Å². The van der Waals surface area contributed by atoms with Crippen LogP contribution in [0.15, 0.2) is 18.2 Å². The number of hydrogen-bond acceptors (Lipinski definition) is 4. The van der Waals surface area contributed by atoms with Gasteiger partial charge in [-0.1, -0.05) is 6.07 Å². The van der Waals surface area contributed by atoms with Crippen molar-refractivity contribution in [3.05, 3.63) is 29.6 Å². The number of hydrogen-bond donors (Lipinski definition) is 1. The summed E-state index contributed by atoms with van der Waals surface area (Å²) in [5.74, 6) is -0.463. The quantitative estimate of drug-likeness (QED) is 0.846. The zero-order chi connectivity index (χ0) is 18.2. The van der Waals surface area contributed by atoms with E-state index in [0.29, 0.717) is 37.3 Å². The zero-order valence-electron chi connectivity index (χ0n) is 14.9. The van der Waals surface area contributed by atoms with Gasteiger partial charge in [0.2, 0.25) is 11.8 Å². The van der Waals surface area contributed by atoms with Crippen molar-refractivity contribution in [1.29, 1.82) is 0 Å². The lowest BCUT2D eigenvalue weighted by molar-refractivity contribution is -0.135. The van der Waals surface area contributed by atoms with E-state index in [1.165, 1.54) is 13.2 Å². The van der Waals surface area contributed by atoms with Gasteiger partial charge in [0.05, 0.1) is 0 Å². The summed E-state index contributed by atoms with van der Waals surface area (Å²) in [5.41, 5.74) is 1.02. The highest BCUT2D eigenvalue weighted by atomic mass is 19.1. The van der Waals surface area contributed by atoms with Crippen molar-refractivity contribution in [3.8, 4) is 0 Å². The first kappa shape index (κ1) is 19.3. The van der Waals surface area contributed by atoms with Crippen LogP contribution in [0, 0.1) is 12.7 Å². The van der Waals surface area contributed by atoms with E-state index in [0.717, 1.165) is 19.5 Å². The second-order valence-electron chi connectivity index (χ2n) is 6.27. The van der Waals surface area contributed by atoms with E-state index in [-0.39, 0.29) is 24.2 Å². The van der Waals surface area contributed by atoms with Crippen LogP contribution in [0.4, 0.5) is 10.1 Å². The summed E-state index contributed by atoms with van der Waals surface area (Å²) >= 11 is 0. The Labute approximate surface area is 147 Å². The molecule has 0 saturated carbocycles. The molecule has 1 saturated heterocycles. The smallest absolute Gasteiger partial charge is 0.248 e. The Balaban J connectivity index is 1.76. The number of benzene rings is 1. The van der Waals surface area contributed by atoms with Crippen LogP contribution in [0.2, 0.25) is 0 Å². The highest BCUT2D eigenvalue weighted by Crippen LogP contribution is 2.14. The molecule has 138 valence electrons. The normalized spacial score (nSPS) is 15.7. The van der Waals surface area contributed by atoms with Gasteiger partial charge in [-0.2, -0.15) is 0 Å². The van der Waals surface area contributed by atoms with E-state index in [4.69, 9.17) is 4.74 Å². The summed E-state index contributed by atoms with van der Waals surface area (Å²) < 4.78 is 18.4. The third-order valence-electron chi connectivity index (χ3n) is 4.32. The Hall–Kier alpha value is -1.99. The third-order valence-corrected chi connectivity index (χ3v) is 4.32. The fraction of sp³-hybridized carbons (Fsp3) is 0.556. The van der Waals surface area contributed by atoms with Gasteiger partial charge in [-0.3, -0.25) is 9.59 Å². The summed E-state index contributed by atoms with van der Waals surface area (Å²) in [6, 6.07) is 4.67. The van der Waals surface area contributed by atoms with Crippen LogP contribution in [0.25, 0.3) is 0 Å². The summed E-state index contributed by atoms with van der Waals surface area (Å²) in [7, 11) is 1.51. The van der Waals surface area contributed by atoms with E-state index < -0.39 is 0 Å². The molecular formula is C18H26FN3O3. The van der Waals surface area contributed by atoms with Crippen LogP contribution in [0.3, 0.4) is 0 Å². The summed E-state index contributed by atoms with van der Waals surface area (Å²) in [6.07, 6.45) is 1.21. The molecule has 1 aromatic rings. The largest absolute Gasteiger partial charge is 0.375 e. The third kappa shape index (κ3) is 6.10. The van der Waals surface area contributed by atoms with Gasteiger partial charge in [-0.15, -0.1) is 0 Å². The molecule has 1 heterocycles. The molecule has 0 bridgehead atoms. The van der Waals surface area contributed by atoms with Crippen LogP contribution in [-0.2, 0) is 14.3 Å². The number of carbonyl (C=O) groups excluding carboxylic acids is 2. The molecule has 2 rings (SSSR count). The Morgan fingerprint density at radius 3 is 2.76 bits per heavy atom. The van der Waals surface area contributed by atoms with Crippen molar-refractivity contribution in [2.24, 2.45) is 0 Å². The van der Waals surface area contributed by atoms with Crippen LogP contribution >= 0.6 is 0 Å². The summed E-state index contributed by atoms with van der Waals surface area (Å²) in [5, 5.41) is 2.72. The zero-order valence-corrected chi connectivity index (χ0v) is 14.9. The number of halogens is 1. The standard InChI is InChI=1S/C18H26FN3O3/c1-14-4-5-15(12-16(14)19)20-17(23)6-9-21-7-3-8-22(11-10-21)18(24)13-25-2/h4-5,12H,3,6-11,13H2,1-2H3,(H,20,23). The second kappa shape index (κ2) is 9.48. The molecule has 1 aliphatic heterocycles. The number of nitrogens with zero attached hydrogens (tertiary/aromatic N) is 2. The molecule has 0 unspecified atom stereocenters. The number of methoxy groups -OCH3 is 1. The minimum absolute atomic E-state index is 0.00323. The van der Waals surface area contributed by atoms with Crippen LogP contribution in [0.1, 0.15) is 18.4 Å². The van der Waals surface area contributed by atoms with E-state index >= 15 is 0 Å². The predicted molar refractivity (Wildman–Crippen MR) is 93.9 cm³/mol. The summed E-state index contributed by atoms with van der Waals surface area (Å²) in [6.45, 7) is 5.36. The Morgan fingerprint density at radius 2 is 2.04 bits per heavy atom. The highest BCUT2D eigenvalue weighted by molar-refractivity contribution is 5.90. The van der Waals surface area contributed by atoms with Crippen molar-refractivity contribution < 1.29 is 18.7 Å². The molecule has 1 fully saturated rings. The number of nitrogens with one attached hydrogen (secondary N) is 1. The molecule has 1 aliphatic rings. The SMILES string of the molecule is COCC(=O)N1CCCN(CCC(=O)Nc2ccc(C)c(F)c2)CC1. The van der Waals surface area contributed by atoms with E-state index in [2.05, 4.69) is 10.2 Å². The fourth-order valence-electron chi connectivity index (χ4n) is 2.81. The van der Waals surface area contributed by atoms with Crippen molar-refractivity contribution in [3.63, 3.8) is 0 Å². The number of anilines is 1. The van der Waals surface area contributed by atoms with Gasteiger partial charge in [-0.05, 0) is 37.6 Å². The molecular weight excluding hydrogens is 325 g/mol. The van der Waals surface area contributed by atoms with Crippen LogP contribution in [-0.4, -0.2) is 68.1 Å². The maximum Gasteiger partial charge on any atom is 0.248 e. The molecule has 6 nitrogen and oxygen atoms in total. The lowest BCUT2D eigenvalue weighted by Crippen LogP contribution is -2.37. The van der Waals surface area contributed by atoms with Crippen LogP contribution in [0.5, 0.6) is 0 Å². The van der Waals surface area contributed by atoms with E-state index in [9.17, 15) is 14.0 Å². The van der Waals surface area contributed by atoms with Gasteiger partial charge in [0.1, 0.15) is 12.4 Å². The van der Waals surface area contributed by atoms with E-state index in [1.807, 2.05) is 0 Å². The molecule has 0 aromatic heterocycles. The second-order valence-corrected chi connectivity index (χ2v) is 6.27. The van der Waals surface area contributed by atoms with Crippen molar-refractivity contribution in [1.82, 2.24) is 9.80 Å². The minimum atomic E-state index is -0.328. The molecule has 0 radical (unpaired) electrons. The van der Waals surface area contributed by atoms with Gasteiger partial charge in [0.15, 0.2) is 0 Å². The number of ether oxygens (including phenoxy) is 1. The monoisotopic (exact) mass is 351 g/mol. The number of aryl methyl sites for hydroxylation is 1. The molecule has 25 heavy (non-hydrogen) atoms. The highest BCUT2D eigenvalue weighted by Gasteiger charge is 2.19.